The Hall–Kier alpha value is 0.250. The Morgan fingerprint density at radius 3 is 2.78 bits per heavy atom. The molecule has 1 rings (SSSR count). The predicted octanol–water partition coefficient (Wildman–Crippen LogP) is 1.76. The van der Waals surface area contributed by atoms with Crippen molar-refractivity contribution >= 4 is 11.6 Å². The minimum atomic E-state index is 0.579. The highest BCUT2D eigenvalue weighted by molar-refractivity contribution is 6.18. The monoisotopic (exact) mass is 147 g/mol. The Morgan fingerprint density at radius 1 is 1.56 bits per heavy atom. The zero-order valence-corrected chi connectivity index (χ0v) is 6.62. The summed E-state index contributed by atoms with van der Waals surface area (Å²) in [5, 5.41) is 3.43. The topological polar surface area (TPSA) is 12.0 Å². The van der Waals surface area contributed by atoms with Crippen LogP contribution in [-0.2, 0) is 0 Å². The predicted molar refractivity (Wildman–Crippen MR) is 41.0 cm³/mol. The lowest BCUT2D eigenvalue weighted by Crippen LogP contribution is -2.41. The molecule has 9 heavy (non-hydrogen) atoms. The fraction of sp³-hybridized carbons (Fsp3) is 1.00. The molecule has 0 spiro atoms. The Balaban J connectivity index is 2.23. The van der Waals surface area contributed by atoms with Gasteiger partial charge < -0.3 is 5.32 Å². The number of rotatable bonds is 1. The molecular weight excluding hydrogens is 134 g/mol. The number of halogens is 1. The van der Waals surface area contributed by atoms with E-state index in [9.17, 15) is 0 Å². The molecule has 2 atom stereocenters. The molecule has 0 radical (unpaired) electrons. The van der Waals surface area contributed by atoms with Gasteiger partial charge in [0.05, 0.1) is 0 Å². The van der Waals surface area contributed by atoms with Gasteiger partial charge in [-0.25, -0.2) is 0 Å². The number of piperidine rings is 1. The Bertz CT molecular complexity index is 85.0. The summed E-state index contributed by atoms with van der Waals surface area (Å²) in [5.74, 6) is 0.768. The minimum absolute atomic E-state index is 0.579. The third-order valence-corrected chi connectivity index (χ3v) is 2.27. The van der Waals surface area contributed by atoms with E-state index >= 15 is 0 Å². The molecule has 2 heteroatoms. The normalized spacial score (nSPS) is 36.7. The quantitative estimate of drug-likeness (QED) is 0.558. The largest absolute Gasteiger partial charge is 0.310 e. The molecule has 0 aromatic rings. The van der Waals surface area contributed by atoms with E-state index in [-0.39, 0.29) is 0 Å². The molecule has 0 bridgehead atoms. The summed E-state index contributed by atoms with van der Waals surface area (Å²) >= 11 is 5.68. The summed E-state index contributed by atoms with van der Waals surface area (Å²) in [7, 11) is 0. The molecule has 54 valence electrons. The van der Waals surface area contributed by atoms with Crippen LogP contribution in [0.2, 0.25) is 0 Å². The highest BCUT2D eigenvalue weighted by Gasteiger charge is 2.15. The Morgan fingerprint density at radius 2 is 2.33 bits per heavy atom. The molecule has 1 aliphatic rings. The fourth-order valence-corrected chi connectivity index (χ4v) is 1.60. The molecule has 1 fully saturated rings. The summed E-state index contributed by atoms with van der Waals surface area (Å²) in [5.41, 5.74) is 0. The summed E-state index contributed by atoms with van der Waals surface area (Å²) in [6.07, 6.45) is 3.91. The van der Waals surface area contributed by atoms with Crippen LogP contribution in [0.3, 0.4) is 0 Å². The molecule has 0 amide bonds. The van der Waals surface area contributed by atoms with Crippen molar-refractivity contribution < 1.29 is 0 Å². The zero-order valence-electron chi connectivity index (χ0n) is 5.86. The molecular formula is C7H14ClN. The lowest BCUT2D eigenvalue weighted by Gasteiger charge is -2.26. The van der Waals surface area contributed by atoms with Gasteiger partial charge in [0.25, 0.3) is 0 Å². The molecule has 0 aromatic heterocycles. The van der Waals surface area contributed by atoms with Crippen LogP contribution in [0, 0.1) is 0 Å². The van der Waals surface area contributed by atoms with E-state index in [1.54, 1.807) is 0 Å². The fourth-order valence-electron chi connectivity index (χ4n) is 1.36. The van der Waals surface area contributed by atoms with Crippen LogP contribution in [0.15, 0.2) is 0 Å². The van der Waals surface area contributed by atoms with E-state index in [4.69, 9.17) is 11.6 Å². The van der Waals surface area contributed by atoms with Crippen LogP contribution in [0.1, 0.15) is 26.2 Å². The highest BCUT2D eigenvalue weighted by Crippen LogP contribution is 2.12. The van der Waals surface area contributed by atoms with E-state index in [1.165, 1.54) is 19.3 Å². The van der Waals surface area contributed by atoms with E-state index in [0.29, 0.717) is 12.1 Å². The third-order valence-electron chi connectivity index (χ3n) is 1.90. The van der Waals surface area contributed by atoms with Crippen molar-refractivity contribution in [1.29, 1.82) is 0 Å². The standard InChI is InChI=1S/C7H14ClN/c1-6-3-2-4-7(5-8)9-6/h6-7,9H,2-5H2,1H3. The van der Waals surface area contributed by atoms with Crippen LogP contribution in [0.5, 0.6) is 0 Å². The third kappa shape index (κ3) is 2.15. The van der Waals surface area contributed by atoms with Gasteiger partial charge in [-0.2, -0.15) is 0 Å². The van der Waals surface area contributed by atoms with E-state index < -0.39 is 0 Å². The molecule has 0 aromatic carbocycles. The summed E-state index contributed by atoms with van der Waals surface area (Å²) in [6.45, 7) is 2.22. The van der Waals surface area contributed by atoms with Crippen LogP contribution in [0.25, 0.3) is 0 Å². The number of hydrogen-bond acceptors (Lipinski definition) is 1. The Labute approximate surface area is 61.8 Å². The number of hydrogen-bond donors (Lipinski definition) is 1. The molecule has 1 heterocycles. The average molecular weight is 148 g/mol. The van der Waals surface area contributed by atoms with Crippen LogP contribution in [-0.4, -0.2) is 18.0 Å². The zero-order chi connectivity index (χ0) is 6.69. The van der Waals surface area contributed by atoms with Crippen molar-refractivity contribution in [3.63, 3.8) is 0 Å². The number of nitrogens with one attached hydrogen (secondary N) is 1. The van der Waals surface area contributed by atoms with Gasteiger partial charge in [0.2, 0.25) is 0 Å². The molecule has 2 unspecified atom stereocenters. The first-order chi connectivity index (χ1) is 4.33. The maximum atomic E-state index is 5.68. The van der Waals surface area contributed by atoms with Gasteiger partial charge in [-0.1, -0.05) is 6.42 Å². The summed E-state index contributed by atoms with van der Waals surface area (Å²) < 4.78 is 0. The number of alkyl halides is 1. The van der Waals surface area contributed by atoms with Crippen molar-refractivity contribution in [2.75, 3.05) is 5.88 Å². The second-order valence-electron chi connectivity index (χ2n) is 2.85. The maximum Gasteiger partial charge on any atom is 0.0377 e. The second kappa shape index (κ2) is 3.43. The van der Waals surface area contributed by atoms with Gasteiger partial charge in [-0.3, -0.25) is 0 Å². The lowest BCUT2D eigenvalue weighted by atomic mass is 10.0. The van der Waals surface area contributed by atoms with Crippen LogP contribution >= 0.6 is 11.6 Å². The second-order valence-corrected chi connectivity index (χ2v) is 3.16. The SMILES string of the molecule is CC1CCCC(CCl)N1. The molecule has 1 saturated heterocycles. The summed E-state index contributed by atoms with van der Waals surface area (Å²) in [4.78, 5) is 0. The first-order valence-electron chi connectivity index (χ1n) is 3.65. The smallest absolute Gasteiger partial charge is 0.0377 e. The average Bonchev–Trinajstić information content (AvgIpc) is 1.88. The van der Waals surface area contributed by atoms with Crippen molar-refractivity contribution in [3.05, 3.63) is 0 Å². The van der Waals surface area contributed by atoms with Gasteiger partial charge in [0, 0.05) is 18.0 Å². The van der Waals surface area contributed by atoms with Gasteiger partial charge in [0.1, 0.15) is 0 Å². The molecule has 1 aliphatic heterocycles. The lowest BCUT2D eigenvalue weighted by molar-refractivity contribution is 0.355. The van der Waals surface area contributed by atoms with Crippen LogP contribution in [0.4, 0.5) is 0 Å². The van der Waals surface area contributed by atoms with E-state index in [0.717, 1.165) is 5.88 Å². The maximum absolute atomic E-state index is 5.68. The molecule has 0 saturated carbocycles. The van der Waals surface area contributed by atoms with E-state index in [2.05, 4.69) is 12.2 Å². The highest BCUT2D eigenvalue weighted by atomic mass is 35.5. The van der Waals surface area contributed by atoms with Crippen molar-refractivity contribution in [2.24, 2.45) is 0 Å². The van der Waals surface area contributed by atoms with E-state index in [1.807, 2.05) is 0 Å². The van der Waals surface area contributed by atoms with Gasteiger partial charge in [0.15, 0.2) is 0 Å². The van der Waals surface area contributed by atoms with Crippen LogP contribution < -0.4 is 5.32 Å². The van der Waals surface area contributed by atoms with Gasteiger partial charge in [-0.05, 0) is 19.8 Å². The van der Waals surface area contributed by atoms with Crippen molar-refractivity contribution in [3.8, 4) is 0 Å². The van der Waals surface area contributed by atoms with Crippen molar-refractivity contribution in [2.45, 2.75) is 38.3 Å². The molecule has 1 nitrogen and oxygen atoms in total. The first-order valence-corrected chi connectivity index (χ1v) is 4.18. The van der Waals surface area contributed by atoms with Crippen molar-refractivity contribution in [1.82, 2.24) is 5.32 Å². The summed E-state index contributed by atoms with van der Waals surface area (Å²) in [6, 6.07) is 1.26. The first kappa shape index (κ1) is 7.36. The Kier molecular flexibility index (Phi) is 2.80. The minimum Gasteiger partial charge on any atom is -0.310 e. The van der Waals surface area contributed by atoms with Gasteiger partial charge in [-0.15, -0.1) is 11.6 Å². The van der Waals surface area contributed by atoms with Gasteiger partial charge >= 0.3 is 0 Å². The molecule has 0 aliphatic carbocycles. The molecule has 1 N–H and O–H groups in total.